The third-order valence-electron chi connectivity index (χ3n) is 10.1. The van der Waals surface area contributed by atoms with Gasteiger partial charge in [0.1, 0.15) is 11.9 Å². The van der Waals surface area contributed by atoms with Crippen LogP contribution in [0.5, 0.6) is 5.75 Å². The molecule has 3 fully saturated rings. The number of aliphatic hydroxyl groups excluding tert-OH is 1. The van der Waals surface area contributed by atoms with Gasteiger partial charge in [0.25, 0.3) is 5.91 Å². The van der Waals surface area contributed by atoms with E-state index in [4.69, 9.17) is 4.74 Å². The number of carboxylic acids is 1. The molecule has 224 valence electrons. The zero-order valence-corrected chi connectivity index (χ0v) is 23.8. The maximum atomic E-state index is 14.6. The molecule has 0 bridgehead atoms. The highest BCUT2D eigenvalue weighted by Crippen LogP contribution is 2.67. The zero-order chi connectivity index (χ0) is 29.9. The van der Waals surface area contributed by atoms with E-state index in [1.807, 2.05) is 0 Å². The Kier molecular flexibility index (Phi) is 7.41. The van der Waals surface area contributed by atoms with Crippen molar-refractivity contribution in [3.05, 3.63) is 47.3 Å². The van der Waals surface area contributed by atoms with E-state index in [9.17, 15) is 33.0 Å². The number of nitrogens with zero attached hydrogens (tertiary/aromatic N) is 3. The van der Waals surface area contributed by atoms with Gasteiger partial charge in [0.2, 0.25) is 0 Å². The minimum Gasteiger partial charge on any atom is -0.496 e. The minimum atomic E-state index is -4.86. The first-order chi connectivity index (χ1) is 19.2. The highest BCUT2D eigenvalue weighted by atomic mass is 19.4. The molecule has 1 unspecified atom stereocenters. The number of methoxy groups -OCH3 is 1. The number of rotatable bonds is 8. The molecule has 41 heavy (non-hydrogen) atoms. The van der Waals surface area contributed by atoms with E-state index >= 15 is 0 Å². The fraction of sp³-hybridized carbons (Fsp3) is 0.633. The molecule has 8 nitrogen and oxygen atoms in total. The molecule has 0 spiro atoms. The fourth-order valence-corrected chi connectivity index (χ4v) is 7.29. The number of hydrogen-bond acceptors (Lipinski definition) is 5. The molecular formula is C30H38F3N3O5. The SMILES string of the molecule is COc1ccccc1C(O)CN(C(=O)c1cnn(C2CCC(C)(C(=O)O)CC2)c1C(F)(F)F)[C@H]1C[C@@H]2[C@H](C1)C2(C)C. The number of halogens is 3. The van der Waals surface area contributed by atoms with Gasteiger partial charge in [-0.2, -0.15) is 18.3 Å². The summed E-state index contributed by atoms with van der Waals surface area (Å²) >= 11 is 0. The number of benzene rings is 1. The first kappa shape index (κ1) is 29.4. The second-order valence-corrected chi connectivity index (χ2v) is 12.8. The van der Waals surface area contributed by atoms with Gasteiger partial charge in [0.05, 0.1) is 36.9 Å². The lowest BCUT2D eigenvalue weighted by Gasteiger charge is -2.35. The smallest absolute Gasteiger partial charge is 0.433 e. The summed E-state index contributed by atoms with van der Waals surface area (Å²) in [4.78, 5) is 27.1. The topological polar surface area (TPSA) is 105 Å². The second-order valence-electron chi connectivity index (χ2n) is 12.8. The standard InChI is InChI=1S/C30H38F3N3O5/c1-28(2)21-13-18(14-22(21)28)35(16-23(37)19-7-5-6-8-24(19)41-4)26(38)20-15-34-36(25(20)30(31,32)33)17-9-11-29(3,12-10-17)27(39)40/h5-8,15,17-18,21-23,37H,9-14,16H2,1-4H3,(H,39,40)/t17?,18-,21+,22-,23?,29?. The van der Waals surface area contributed by atoms with Crippen LogP contribution in [-0.4, -0.2) is 56.5 Å². The fourth-order valence-electron chi connectivity index (χ4n) is 7.29. The number of amides is 1. The Hall–Kier alpha value is -3.08. The van der Waals surface area contributed by atoms with Crippen molar-refractivity contribution >= 4 is 11.9 Å². The number of ether oxygens (including phenoxy) is 1. The summed E-state index contributed by atoms with van der Waals surface area (Å²) in [5.74, 6) is -0.598. The third kappa shape index (κ3) is 5.21. The lowest BCUT2D eigenvalue weighted by Crippen LogP contribution is -2.43. The molecule has 0 aliphatic heterocycles. The van der Waals surface area contributed by atoms with Crippen LogP contribution in [0.4, 0.5) is 13.2 Å². The number of carbonyl (C=O) groups is 2. The van der Waals surface area contributed by atoms with Crippen LogP contribution in [0.15, 0.2) is 30.5 Å². The number of aliphatic carboxylic acids is 1. The third-order valence-corrected chi connectivity index (χ3v) is 10.1. The Morgan fingerprint density at radius 3 is 2.32 bits per heavy atom. The summed E-state index contributed by atoms with van der Waals surface area (Å²) in [6.07, 6.45) is -2.88. The van der Waals surface area contributed by atoms with E-state index in [1.165, 1.54) is 12.0 Å². The van der Waals surface area contributed by atoms with Gasteiger partial charge in [-0.3, -0.25) is 14.3 Å². The summed E-state index contributed by atoms with van der Waals surface area (Å²) in [5.41, 5.74) is -2.07. The lowest BCUT2D eigenvalue weighted by atomic mass is 9.74. The summed E-state index contributed by atoms with van der Waals surface area (Å²) < 4.78 is 50.0. The monoisotopic (exact) mass is 577 g/mol. The molecule has 3 aliphatic rings. The molecule has 1 heterocycles. The van der Waals surface area contributed by atoms with Crippen molar-refractivity contribution < 1.29 is 37.7 Å². The molecule has 1 aromatic carbocycles. The van der Waals surface area contributed by atoms with Crippen molar-refractivity contribution in [1.82, 2.24) is 14.7 Å². The van der Waals surface area contributed by atoms with Crippen LogP contribution in [0.1, 0.15) is 93.1 Å². The number of carboxylic acid groups (broad SMARTS) is 1. The first-order valence-electron chi connectivity index (χ1n) is 14.2. The summed E-state index contributed by atoms with van der Waals surface area (Å²) in [7, 11) is 1.47. The van der Waals surface area contributed by atoms with Crippen LogP contribution < -0.4 is 4.74 Å². The van der Waals surface area contributed by atoms with E-state index in [0.29, 0.717) is 36.0 Å². The summed E-state index contributed by atoms with van der Waals surface area (Å²) in [6, 6.07) is 5.85. The Balaban J connectivity index is 1.46. The Bertz CT molecular complexity index is 1300. The van der Waals surface area contributed by atoms with Crippen LogP contribution in [0.2, 0.25) is 0 Å². The highest BCUT2D eigenvalue weighted by molar-refractivity contribution is 5.95. The van der Waals surface area contributed by atoms with Gasteiger partial charge in [0.15, 0.2) is 5.69 Å². The van der Waals surface area contributed by atoms with E-state index in [2.05, 4.69) is 18.9 Å². The Labute approximate surface area is 237 Å². The van der Waals surface area contributed by atoms with Crippen molar-refractivity contribution in [3.63, 3.8) is 0 Å². The number of carbonyl (C=O) groups excluding carboxylic acids is 1. The molecule has 3 aliphatic carbocycles. The van der Waals surface area contributed by atoms with Crippen LogP contribution in [0.25, 0.3) is 0 Å². The Morgan fingerprint density at radius 1 is 1.15 bits per heavy atom. The highest BCUT2D eigenvalue weighted by Gasteiger charge is 2.63. The molecule has 1 aromatic heterocycles. The van der Waals surface area contributed by atoms with E-state index in [-0.39, 0.29) is 43.7 Å². The van der Waals surface area contributed by atoms with E-state index in [0.717, 1.165) is 10.9 Å². The molecule has 3 saturated carbocycles. The number of fused-ring (bicyclic) bond motifs is 1. The maximum Gasteiger partial charge on any atom is 0.433 e. The van der Waals surface area contributed by atoms with Gasteiger partial charge in [-0.1, -0.05) is 32.0 Å². The van der Waals surface area contributed by atoms with Crippen LogP contribution in [-0.2, 0) is 11.0 Å². The molecule has 0 radical (unpaired) electrons. The summed E-state index contributed by atoms with van der Waals surface area (Å²) in [6.45, 7) is 5.75. The number of para-hydroxylation sites is 1. The van der Waals surface area contributed by atoms with Gasteiger partial charge in [-0.15, -0.1) is 0 Å². The zero-order valence-electron chi connectivity index (χ0n) is 23.8. The number of aromatic nitrogens is 2. The second kappa shape index (κ2) is 10.3. The van der Waals surface area contributed by atoms with Gasteiger partial charge in [-0.25, -0.2) is 0 Å². The molecule has 2 aromatic rings. The molecule has 0 saturated heterocycles. The van der Waals surface area contributed by atoms with Crippen molar-refractivity contribution in [2.24, 2.45) is 22.7 Å². The predicted molar refractivity (Wildman–Crippen MR) is 143 cm³/mol. The molecule has 2 N–H and O–H groups in total. The summed E-state index contributed by atoms with van der Waals surface area (Å²) in [5, 5.41) is 24.8. The quantitative estimate of drug-likeness (QED) is 0.416. The van der Waals surface area contributed by atoms with Crippen molar-refractivity contribution in [2.75, 3.05) is 13.7 Å². The van der Waals surface area contributed by atoms with Gasteiger partial charge in [0, 0.05) is 11.6 Å². The van der Waals surface area contributed by atoms with Crippen LogP contribution in [0, 0.1) is 22.7 Å². The average Bonchev–Trinajstić information content (AvgIpc) is 3.35. The molecular weight excluding hydrogens is 539 g/mol. The van der Waals surface area contributed by atoms with Crippen molar-refractivity contribution in [3.8, 4) is 5.75 Å². The molecule has 1 amide bonds. The average molecular weight is 578 g/mol. The predicted octanol–water partition coefficient (Wildman–Crippen LogP) is 5.73. The number of hydrogen-bond donors (Lipinski definition) is 2. The maximum absolute atomic E-state index is 14.6. The van der Waals surface area contributed by atoms with Gasteiger partial charge in [-0.05, 0) is 68.8 Å². The van der Waals surface area contributed by atoms with Gasteiger partial charge < -0.3 is 19.8 Å². The molecule has 5 rings (SSSR count). The Morgan fingerprint density at radius 2 is 1.76 bits per heavy atom. The van der Waals surface area contributed by atoms with Crippen LogP contribution in [0.3, 0.4) is 0 Å². The minimum absolute atomic E-state index is 0.139. The van der Waals surface area contributed by atoms with Crippen molar-refractivity contribution in [1.29, 1.82) is 0 Å². The van der Waals surface area contributed by atoms with E-state index in [1.54, 1.807) is 31.2 Å². The van der Waals surface area contributed by atoms with Crippen molar-refractivity contribution in [2.45, 2.75) is 83.7 Å². The van der Waals surface area contributed by atoms with Crippen LogP contribution >= 0.6 is 0 Å². The molecule has 4 atom stereocenters. The van der Waals surface area contributed by atoms with Gasteiger partial charge >= 0.3 is 12.1 Å². The first-order valence-corrected chi connectivity index (χ1v) is 14.2. The largest absolute Gasteiger partial charge is 0.496 e. The molecule has 11 heteroatoms. The van der Waals surface area contributed by atoms with E-state index < -0.39 is 46.9 Å². The lowest BCUT2D eigenvalue weighted by molar-refractivity contribution is -0.152. The number of aliphatic hydroxyl groups is 1. The number of alkyl halides is 3. The normalized spacial score (nSPS) is 29.5.